The summed E-state index contributed by atoms with van der Waals surface area (Å²) in [6, 6.07) is -1.64. The van der Waals surface area contributed by atoms with E-state index in [0.29, 0.717) is 0 Å². The molecule has 0 saturated heterocycles. The van der Waals surface area contributed by atoms with Gasteiger partial charge in [0.1, 0.15) is 24.8 Å². The van der Waals surface area contributed by atoms with Crippen LogP contribution in [-0.4, -0.2) is 75.7 Å². The highest BCUT2D eigenvalue weighted by Gasteiger charge is 2.21. The summed E-state index contributed by atoms with van der Waals surface area (Å²) in [6.07, 6.45) is -0.694. The Kier molecular flexibility index (Phi) is 11.1. The molecule has 0 heterocycles. The summed E-state index contributed by atoms with van der Waals surface area (Å²) in [5.41, 5.74) is 0. The van der Waals surface area contributed by atoms with Crippen LogP contribution in [0.1, 0.15) is 20.8 Å². The fourth-order valence-electron chi connectivity index (χ4n) is 1.68. The minimum absolute atomic E-state index is 0.0853. The molecule has 0 aromatic carbocycles. The summed E-state index contributed by atoms with van der Waals surface area (Å²) in [4.78, 5) is 46.3. The Bertz CT molecular complexity index is 471. The van der Waals surface area contributed by atoms with Crippen molar-refractivity contribution in [2.45, 2.75) is 39.0 Å². The predicted octanol–water partition coefficient (Wildman–Crippen LogP) is -2.09. The molecule has 10 heteroatoms. The van der Waals surface area contributed by atoms with E-state index in [9.17, 15) is 19.2 Å². The third-order valence-electron chi connectivity index (χ3n) is 2.91. The highest BCUT2D eigenvalue weighted by molar-refractivity contribution is 5.86. The van der Waals surface area contributed by atoms with Crippen LogP contribution < -0.4 is 21.3 Å². The first-order valence-electron chi connectivity index (χ1n) is 7.96. The van der Waals surface area contributed by atoms with Crippen LogP contribution >= 0.6 is 0 Å². The summed E-state index contributed by atoms with van der Waals surface area (Å²) in [7, 11) is 3.22. The van der Waals surface area contributed by atoms with Gasteiger partial charge in [0.25, 0.3) is 0 Å². The van der Waals surface area contributed by atoms with E-state index in [1.165, 1.54) is 13.8 Å². The second-order valence-electron chi connectivity index (χ2n) is 5.52. The van der Waals surface area contributed by atoms with Gasteiger partial charge in [-0.3, -0.25) is 9.59 Å². The van der Waals surface area contributed by atoms with E-state index in [2.05, 4.69) is 21.3 Å². The van der Waals surface area contributed by atoms with Crippen LogP contribution in [-0.2, 0) is 28.7 Å². The fraction of sp³-hybridized carbons (Fsp3) is 0.733. The first kappa shape index (κ1) is 22.8. The molecule has 0 bridgehead atoms. The van der Waals surface area contributed by atoms with Gasteiger partial charge in [-0.25, -0.2) is 9.59 Å². The molecule has 0 fully saturated rings. The largest absolute Gasteiger partial charge is 0.460 e. The Morgan fingerprint density at radius 2 is 1.24 bits per heavy atom. The topological polar surface area (TPSA) is 135 Å². The number of nitrogens with one attached hydrogen (secondary N) is 4. The molecule has 25 heavy (non-hydrogen) atoms. The molecule has 0 saturated carbocycles. The Morgan fingerprint density at radius 1 is 0.800 bits per heavy atom. The summed E-state index contributed by atoms with van der Waals surface area (Å²) in [5.74, 6) is -1.94. The van der Waals surface area contributed by atoms with Gasteiger partial charge in [-0.1, -0.05) is 0 Å². The molecular formula is C15H28N4O6. The van der Waals surface area contributed by atoms with Crippen LogP contribution in [0.3, 0.4) is 0 Å². The van der Waals surface area contributed by atoms with Gasteiger partial charge in [0.05, 0.1) is 13.1 Å². The molecule has 0 aliphatic heterocycles. The molecule has 10 nitrogen and oxygen atoms in total. The number of hydrogen-bond acceptors (Lipinski definition) is 8. The molecule has 0 aromatic heterocycles. The van der Waals surface area contributed by atoms with Crippen LogP contribution in [0.15, 0.2) is 0 Å². The van der Waals surface area contributed by atoms with Crippen molar-refractivity contribution in [1.29, 1.82) is 0 Å². The van der Waals surface area contributed by atoms with Gasteiger partial charge in [0.2, 0.25) is 11.8 Å². The van der Waals surface area contributed by atoms with Crippen molar-refractivity contribution in [2.24, 2.45) is 0 Å². The first-order chi connectivity index (χ1) is 11.7. The average Bonchev–Trinajstić information content (AvgIpc) is 2.52. The SMILES string of the molecule is CNCC(=O)N[C@@H](C)C(=O)OC[C@H](C)OC(=O)[C@H](C)NC(=O)CNC. The van der Waals surface area contributed by atoms with Crippen LogP contribution in [0.25, 0.3) is 0 Å². The van der Waals surface area contributed by atoms with E-state index in [0.717, 1.165) is 0 Å². The van der Waals surface area contributed by atoms with Gasteiger partial charge < -0.3 is 30.7 Å². The lowest BCUT2D eigenvalue weighted by molar-refractivity contribution is -0.160. The van der Waals surface area contributed by atoms with Crippen molar-refractivity contribution in [3.8, 4) is 0 Å². The van der Waals surface area contributed by atoms with Crippen molar-refractivity contribution in [1.82, 2.24) is 21.3 Å². The van der Waals surface area contributed by atoms with Crippen molar-refractivity contribution >= 4 is 23.8 Å². The van der Waals surface area contributed by atoms with Crippen molar-refractivity contribution in [2.75, 3.05) is 33.8 Å². The van der Waals surface area contributed by atoms with E-state index in [1.807, 2.05) is 0 Å². The Balaban J connectivity index is 4.18. The maximum absolute atomic E-state index is 11.8. The molecule has 0 rings (SSSR count). The van der Waals surface area contributed by atoms with E-state index < -0.39 is 30.1 Å². The molecule has 3 atom stereocenters. The predicted molar refractivity (Wildman–Crippen MR) is 89.6 cm³/mol. The lowest BCUT2D eigenvalue weighted by Crippen LogP contribution is -2.45. The third-order valence-corrected chi connectivity index (χ3v) is 2.91. The van der Waals surface area contributed by atoms with E-state index in [-0.39, 0.29) is 31.5 Å². The second kappa shape index (κ2) is 12.2. The zero-order valence-electron chi connectivity index (χ0n) is 15.3. The quantitative estimate of drug-likeness (QED) is 0.308. The highest BCUT2D eigenvalue weighted by Crippen LogP contribution is 1.98. The summed E-state index contributed by atoms with van der Waals surface area (Å²) < 4.78 is 10.1. The van der Waals surface area contributed by atoms with Crippen LogP contribution in [0.2, 0.25) is 0 Å². The number of likely N-dealkylation sites (N-methyl/N-ethyl adjacent to an activating group) is 2. The molecule has 4 N–H and O–H groups in total. The molecule has 0 unspecified atom stereocenters. The Labute approximate surface area is 147 Å². The number of carbonyl (C=O) groups excluding carboxylic acids is 4. The van der Waals surface area contributed by atoms with Crippen LogP contribution in [0, 0.1) is 0 Å². The number of amides is 2. The van der Waals surface area contributed by atoms with Crippen molar-refractivity contribution < 1.29 is 28.7 Å². The number of ether oxygens (including phenoxy) is 2. The van der Waals surface area contributed by atoms with Gasteiger partial charge in [-0.15, -0.1) is 0 Å². The van der Waals surface area contributed by atoms with Crippen LogP contribution in [0.4, 0.5) is 0 Å². The zero-order valence-corrected chi connectivity index (χ0v) is 15.3. The van der Waals surface area contributed by atoms with E-state index >= 15 is 0 Å². The van der Waals surface area contributed by atoms with Crippen LogP contribution in [0.5, 0.6) is 0 Å². The number of carbonyl (C=O) groups is 4. The van der Waals surface area contributed by atoms with E-state index in [4.69, 9.17) is 9.47 Å². The standard InChI is InChI=1S/C15H28N4O6/c1-9(25-15(23)11(3)19-13(21)7-17-5)8-24-14(22)10(2)18-12(20)6-16-4/h9-11,16-17H,6-8H2,1-5H3,(H,18,20)(H,19,21)/t9-,10-,11-/m0/s1. The molecule has 144 valence electrons. The highest BCUT2D eigenvalue weighted by atomic mass is 16.6. The van der Waals surface area contributed by atoms with Crippen molar-refractivity contribution in [3.63, 3.8) is 0 Å². The normalized spacial score (nSPS) is 14.0. The maximum Gasteiger partial charge on any atom is 0.328 e. The van der Waals surface area contributed by atoms with Gasteiger partial charge in [0.15, 0.2) is 0 Å². The Hall–Kier alpha value is -2.20. The van der Waals surface area contributed by atoms with Gasteiger partial charge in [-0.2, -0.15) is 0 Å². The average molecular weight is 360 g/mol. The Morgan fingerprint density at radius 3 is 1.68 bits per heavy atom. The monoisotopic (exact) mass is 360 g/mol. The summed E-state index contributed by atoms with van der Waals surface area (Å²) >= 11 is 0. The molecule has 0 aliphatic carbocycles. The smallest absolute Gasteiger partial charge is 0.328 e. The fourth-order valence-corrected chi connectivity index (χ4v) is 1.68. The lowest BCUT2D eigenvalue weighted by Gasteiger charge is -2.19. The second-order valence-corrected chi connectivity index (χ2v) is 5.52. The number of hydrogen-bond donors (Lipinski definition) is 4. The third kappa shape index (κ3) is 10.3. The molecule has 0 aliphatic rings. The zero-order chi connectivity index (χ0) is 19.4. The minimum Gasteiger partial charge on any atom is -0.460 e. The summed E-state index contributed by atoms with van der Waals surface area (Å²) in [5, 5.41) is 10.2. The summed E-state index contributed by atoms with van der Waals surface area (Å²) in [6.45, 7) is 4.55. The lowest BCUT2D eigenvalue weighted by atomic mass is 10.3. The van der Waals surface area contributed by atoms with Gasteiger partial charge in [0, 0.05) is 0 Å². The minimum atomic E-state index is -0.821. The van der Waals surface area contributed by atoms with E-state index in [1.54, 1.807) is 21.0 Å². The molecular weight excluding hydrogens is 332 g/mol. The maximum atomic E-state index is 11.8. The molecule has 2 amide bonds. The first-order valence-corrected chi connectivity index (χ1v) is 7.96. The number of esters is 2. The molecule has 0 aromatic rings. The van der Waals surface area contributed by atoms with Gasteiger partial charge >= 0.3 is 11.9 Å². The number of rotatable bonds is 11. The van der Waals surface area contributed by atoms with Gasteiger partial charge in [-0.05, 0) is 34.9 Å². The van der Waals surface area contributed by atoms with Crippen molar-refractivity contribution in [3.05, 3.63) is 0 Å². The molecule has 0 spiro atoms. The molecule has 0 radical (unpaired) electrons.